The number of fused-ring (bicyclic) bond motifs is 2. The Bertz CT molecular complexity index is 1050. The van der Waals surface area contributed by atoms with Crippen LogP contribution in [0.25, 0.3) is 10.9 Å². The fourth-order valence-corrected chi connectivity index (χ4v) is 3.25. The molecule has 0 spiro atoms. The lowest BCUT2D eigenvalue weighted by molar-refractivity contribution is -0.116. The largest absolute Gasteiger partial charge is 0.361 e. The van der Waals surface area contributed by atoms with Gasteiger partial charge in [-0.25, -0.2) is 0 Å². The Labute approximate surface area is 149 Å². The number of imide groups is 1. The molecule has 2 heterocycles. The zero-order valence-corrected chi connectivity index (χ0v) is 14.2. The number of aromatic nitrogens is 1. The lowest BCUT2D eigenvalue weighted by Gasteiger charge is -2.06. The van der Waals surface area contributed by atoms with Crippen molar-refractivity contribution in [1.29, 1.82) is 0 Å². The molecule has 1 aliphatic rings. The van der Waals surface area contributed by atoms with Crippen molar-refractivity contribution in [3.63, 3.8) is 0 Å². The second-order valence-electron chi connectivity index (χ2n) is 6.34. The standard InChI is InChI=1S/C20H17N3O3/c1-23-19(25)15-8-7-13(10-16(15)20(23)26)22-18(24)9-6-12-11-21-17-5-3-2-4-14(12)17/h2-5,7-8,10-11,21H,6,9H2,1H3,(H,22,24). The number of H-pyrrole nitrogens is 1. The average molecular weight is 347 g/mol. The summed E-state index contributed by atoms with van der Waals surface area (Å²) < 4.78 is 0. The number of carbonyl (C=O) groups is 3. The van der Waals surface area contributed by atoms with Crippen molar-refractivity contribution >= 4 is 34.3 Å². The number of benzene rings is 2. The van der Waals surface area contributed by atoms with E-state index in [0.717, 1.165) is 21.4 Å². The highest BCUT2D eigenvalue weighted by molar-refractivity contribution is 6.21. The Morgan fingerprint density at radius 3 is 2.69 bits per heavy atom. The number of aryl methyl sites for hydroxylation is 1. The molecule has 0 atom stereocenters. The van der Waals surface area contributed by atoms with Gasteiger partial charge in [-0.2, -0.15) is 0 Å². The predicted molar refractivity (Wildman–Crippen MR) is 98.1 cm³/mol. The lowest BCUT2D eigenvalue weighted by atomic mass is 10.1. The van der Waals surface area contributed by atoms with Gasteiger partial charge >= 0.3 is 0 Å². The Hall–Kier alpha value is -3.41. The molecule has 0 saturated heterocycles. The smallest absolute Gasteiger partial charge is 0.261 e. The van der Waals surface area contributed by atoms with E-state index >= 15 is 0 Å². The summed E-state index contributed by atoms with van der Waals surface area (Å²) in [6, 6.07) is 12.7. The number of anilines is 1. The van der Waals surface area contributed by atoms with Crippen molar-refractivity contribution in [1.82, 2.24) is 9.88 Å². The minimum absolute atomic E-state index is 0.139. The molecule has 6 nitrogen and oxygen atoms in total. The van der Waals surface area contributed by atoms with Crippen molar-refractivity contribution in [2.75, 3.05) is 12.4 Å². The van der Waals surface area contributed by atoms with Gasteiger partial charge in [-0.1, -0.05) is 18.2 Å². The van der Waals surface area contributed by atoms with Crippen molar-refractivity contribution in [2.24, 2.45) is 0 Å². The molecule has 0 aliphatic carbocycles. The van der Waals surface area contributed by atoms with Gasteiger partial charge in [0.2, 0.25) is 5.91 Å². The van der Waals surface area contributed by atoms with Crippen LogP contribution >= 0.6 is 0 Å². The number of nitrogens with zero attached hydrogens (tertiary/aromatic N) is 1. The summed E-state index contributed by atoms with van der Waals surface area (Å²) in [6.45, 7) is 0. The molecule has 0 saturated carbocycles. The molecule has 4 rings (SSSR count). The van der Waals surface area contributed by atoms with Crippen LogP contribution in [0.5, 0.6) is 0 Å². The van der Waals surface area contributed by atoms with Crippen LogP contribution in [-0.4, -0.2) is 34.7 Å². The summed E-state index contributed by atoms with van der Waals surface area (Å²) in [5.74, 6) is -0.803. The van der Waals surface area contributed by atoms with E-state index in [1.165, 1.54) is 7.05 Å². The number of nitrogens with one attached hydrogen (secondary N) is 2. The van der Waals surface area contributed by atoms with Crippen LogP contribution in [-0.2, 0) is 11.2 Å². The summed E-state index contributed by atoms with van der Waals surface area (Å²) in [5, 5.41) is 3.92. The zero-order valence-electron chi connectivity index (χ0n) is 14.2. The highest BCUT2D eigenvalue weighted by atomic mass is 16.2. The maximum absolute atomic E-state index is 12.3. The first-order valence-electron chi connectivity index (χ1n) is 8.36. The molecular weight excluding hydrogens is 330 g/mol. The van der Waals surface area contributed by atoms with E-state index in [9.17, 15) is 14.4 Å². The topological polar surface area (TPSA) is 82.3 Å². The molecule has 0 bridgehead atoms. The SMILES string of the molecule is CN1C(=O)c2ccc(NC(=O)CCc3c[nH]c4ccccc34)cc2C1=O. The van der Waals surface area contributed by atoms with Crippen LogP contribution in [0.3, 0.4) is 0 Å². The van der Waals surface area contributed by atoms with Gasteiger partial charge in [-0.15, -0.1) is 0 Å². The van der Waals surface area contributed by atoms with Crippen LogP contribution in [0.15, 0.2) is 48.7 Å². The van der Waals surface area contributed by atoms with Crippen molar-refractivity contribution < 1.29 is 14.4 Å². The highest BCUT2D eigenvalue weighted by Gasteiger charge is 2.32. The van der Waals surface area contributed by atoms with E-state index < -0.39 is 0 Å². The summed E-state index contributed by atoms with van der Waals surface area (Å²) in [6.07, 6.45) is 2.86. The normalized spacial score (nSPS) is 13.3. The Balaban J connectivity index is 1.44. The first kappa shape index (κ1) is 16.1. The van der Waals surface area contributed by atoms with E-state index in [2.05, 4.69) is 10.3 Å². The Kier molecular flexibility index (Phi) is 3.80. The van der Waals surface area contributed by atoms with E-state index in [4.69, 9.17) is 0 Å². The molecule has 1 aliphatic heterocycles. The van der Waals surface area contributed by atoms with Crippen LogP contribution in [0, 0.1) is 0 Å². The quantitative estimate of drug-likeness (QED) is 0.712. The number of aromatic amines is 1. The number of para-hydroxylation sites is 1. The average Bonchev–Trinajstić information content (AvgIpc) is 3.15. The number of amides is 3. The molecule has 3 amide bonds. The van der Waals surface area contributed by atoms with Gasteiger partial charge in [0.15, 0.2) is 0 Å². The van der Waals surface area contributed by atoms with Crippen LogP contribution < -0.4 is 5.32 Å². The molecule has 130 valence electrons. The number of carbonyl (C=O) groups excluding carboxylic acids is 3. The molecule has 26 heavy (non-hydrogen) atoms. The van der Waals surface area contributed by atoms with Gasteiger partial charge in [0, 0.05) is 36.3 Å². The first-order chi connectivity index (χ1) is 12.5. The lowest BCUT2D eigenvalue weighted by Crippen LogP contribution is -2.24. The van der Waals surface area contributed by atoms with E-state index in [-0.39, 0.29) is 17.7 Å². The van der Waals surface area contributed by atoms with Crippen molar-refractivity contribution in [3.8, 4) is 0 Å². The van der Waals surface area contributed by atoms with Gasteiger partial charge in [0.25, 0.3) is 11.8 Å². The van der Waals surface area contributed by atoms with Crippen LogP contribution in [0.1, 0.15) is 32.7 Å². The number of hydrogen-bond donors (Lipinski definition) is 2. The van der Waals surface area contributed by atoms with Crippen molar-refractivity contribution in [3.05, 3.63) is 65.4 Å². The zero-order chi connectivity index (χ0) is 18.3. The van der Waals surface area contributed by atoms with Gasteiger partial charge in [-0.3, -0.25) is 19.3 Å². The van der Waals surface area contributed by atoms with Gasteiger partial charge < -0.3 is 10.3 Å². The Morgan fingerprint density at radius 2 is 1.85 bits per heavy atom. The molecule has 2 N–H and O–H groups in total. The van der Waals surface area contributed by atoms with E-state index in [0.29, 0.717) is 29.7 Å². The fraction of sp³-hybridized carbons (Fsp3) is 0.150. The molecule has 3 aromatic rings. The molecule has 6 heteroatoms. The summed E-state index contributed by atoms with van der Waals surface area (Å²) in [4.78, 5) is 40.5. The van der Waals surface area contributed by atoms with Crippen LogP contribution in [0.4, 0.5) is 5.69 Å². The molecule has 0 radical (unpaired) electrons. The van der Waals surface area contributed by atoms with Crippen molar-refractivity contribution in [2.45, 2.75) is 12.8 Å². The monoisotopic (exact) mass is 347 g/mol. The van der Waals surface area contributed by atoms with Gasteiger partial charge in [-0.05, 0) is 36.2 Å². The van der Waals surface area contributed by atoms with Gasteiger partial charge in [0.05, 0.1) is 11.1 Å². The molecule has 2 aromatic carbocycles. The third-order valence-corrected chi connectivity index (χ3v) is 4.67. The first-order valence-corrected chi connectivity index (χ1v) is 8.36. The highest BCUT2D eigenvalue weighted by Crippen LogP contribution is 2.25. The third kappa shape index (κ3) is 2.65. The summed E-state index contributed by atoms with van der Waals surface area (Å²) >= 11 is 0. The second-order valence-corrected chi connectivity index (χ2v) is 6.34. The Morgan fingerprint density at radius 1 is 1.08 bits per heavy atom. The molecule has 0 fully saturated rings. The van der Waals surface area contributed by atoms with E-state index in [1.807, 2.05) is 30.5 Å². The molecule has 1 aromatic heterocycles. The minimum atomic E-state index is -0.347. The fourth-order valence-electron chi connectivity index (χ4n) is 3.25. The van der Waals surface area contributed by atoms with E-state index in [1.54, 1.807) is 18.2 Å². The predicted octanol–water partition coefficient (Wildman–Crippen LogP) is 2.97. The maximum Gasteiger partial charge on any atom is 0.261 e. The molecule has 0 unspecified atom stereocenters. The summed E-state index contributed by atoms with van der Waals surface area (Å²) in [5.41, 5.74) is 3.35. The third-order valence-electron chi connectivity index (χ3n) is 4.67. The van der Waals surface area contributed by atoms with Gasteiger partial charge in [0.1, 0.15) is 0 Å². The maximum atomic E-state index is 12.3. The number of hydrogen-bond acceptors (Lipinski definition) is 3. The minimum Gasteiger partial charge on any atom is -0.361 e. The van der Waals surface area contributed by atoms with Crippen LogP contribution in [0.2, 0.25) is 0 Å². The second kappa shape index (κ2) is 6.15. The summed E-state index contributed by atoms with van der Waals surface area (Å²) in [7, 11) is 1.45. The molecular formula is C20H17N3O3. The number of rotatable bonds is 4.